The van der Waals surface area contributed by atoms with Gasteiger partial charge < -0.3 is 9.84 Å². The minimum atomic E-state index is -0.988. The standard InChI is InChI=1S/C10H11NO3/c1-2-3-6-14-9-5-4-8(7-11-9)10(12)13/h2-5,7H,6H2,1H3,(H,12,13). The first kappa shape index (κ1) is 10.2. The quantitative estimate of drug-likeness (QED) is 0.740. The number of aromatic nitrogens is 1. The molecule has 0 unspecified atom stereocenters. The molecule has 0 atom stereocenters. The number of ether oxygens (including phenoxy) is 1. The summed E-state index contributed by atoms with van der Waals surface area (Å²) in [5, 5.41) is 8.60. The predicted octanol–water partition coefficient (Wildman–Crippen LogP) is 1.73. The van der Waals surface area contributed by atoms with Crippen LogP contribution in [0.4, 0.5) is 0 Å². The number of carbonyl (C=O) groups is 1. The van der Waals surface area contributed by atoms with E-state index in [4.69, 9.17) is 9.84 Å². The lowest BCUT2D eigenvalue weighted by atomic mass is 10.3. The number of carboxylic acid groups (broad SMARTS) is 1. The second kappa shape index (κ2) is 5.01. The van der Waals surface area contributed by atoms with E-state index in [9.17, 15) is 4.79 Å². The molecule has 0 fully saturated rings. The van der Waals surface area contributed by atoms with Gasteiger partial charge in [0.2, 0.25) is 5.88 Å². The van der Waals surface area contributed by atoms with Crippen LogP contribution in [0.1, 0.15) is 17.3 Å². The van der Waals surface area contributed by atoms with Crippen LogP contribution in [0.25, 0.3) is 0 Å². The van der Waals surface area contributed by atoms with E-state index in [1.54, 1.807) is 0 Å². The van der Waals surface area contributed by atoms with Crippen molar-refractivity contribution in [3.8, 4) is 5.88 Å². The number of nitrogens with zero attached hydrogens (tertiary/aromatic N) is 1. The lowest BCUT2D eigenvalue weighted by Crippen LogP contribution is -1.99. The Morgan fingerprint density at radius 3 is 2.93 bits per heavy atom. The van der Waals surface area contributed by atoms with Gasteiger partial charge in [0, 0.05) is 12.3 Å². The van der Waals surface area contributed by atoms with Gasteiger partial charge in [-0.15, -0.1) is 0 Å². The van der Waals surface area contributed by atoms with Crippen molar-refractivity contribution in [2.75, 3.05) is 6.61 Å². The van der Waals surface area contributed by atoms with Crippen LogP contribution in [0.15, 0.2) is 30.5 Å². The molecule has 1 rings (SSSR count). The zero-order valence-electron chi connectivity index (χ0n) is 7.80. The molecule has 1 heterocycles. The minimum absolute atomic E-state index is 0.156. The summed E-state index contributed by atoms with van der Waals surface area (Å²) in [7, 11) is 0. The molecule has 0 aliphatic rings. The van der Waals surface area contributed by atoms with Crippen LogP contribution in [0.3, 0.4) is 0 Å². The Kier molecular flexibility index (Phi) is 3.67. The molecule has 1 N–H and O–H groups in total. The highest BCUT2D eigenvalue weighted by molar-refractivity contribution is 5.87. The largest absolute Gasteiger partial charge is 0.478 e. The third-order valence-electron chi connectivity index (χ3n) is 1.55. The third kappa shape index (κ3) is 2.90. The van der Waals surface area contributed by atoms with E-state index in [2.05, 4.69) is 4.98 Å². The Morgan fingerprint density at radius 2 is 2.43 bits per heavy atom. The van der Waals surface area contributed by atoms with Gasteiger partial charge >= 0.3 is 5.97 Å². The molecule has 0 aliphatic carbocycles. The summed E-state index contributed by atoms with van der Waals surface area (Å²) in [6, 6.07) is 2.99. The van der Waals surface area contributed by atoms with Gasteiger partial charge in [0.15, 0.2) is 0 Å². The van der Waals surface area contributed by atoms with Gasteiger partial charge in [0.25, 0.3) is 0 Å². The molecule has 0 saturated heterocycles. The molecule has 4 heteroatoms. The van der Waals surface area contributed by atoms with Gasteiger partial charge in [-0.05, 0) is 13.0 Å². The maximum Gasteiger partial charge on any atom is 0.337 e. The van der Waals surface area contributed by atoms with Gasteiger partial charge in [-0.3, -0.25) is 0 Å². The summed E-state index contributed by atoms with van der Waals surface area (Å²) in [6.45, 7) is 2.33. The second-order valence-electron chi connectivity index (χ2n) is 2.57. The topological polar surface area (TPSA) is 59.4 Å². The third-order valence-corrected chi connectivity index (χ3v) is 1.55. The molecular formula is C10H11NO3. The zero-order chi connectivity index (χ0) is 10.4. The van der Waals surface area contributed by atoms with Gasteiger partial charge in [-0.1, -0.05) is 12.2 Å². The van der Waals surface area contributed by atoms with Crippen molar-refractivity contribution in [3.05, 3.63) is 36.0 Å². The number of hydrogen-bond donors (Lipinski definition) is 1. The van der Waals surface area contributed by atoms with Crippen LogP contribution in [0.2, 0.25) is 0 Å². The van der Waals surface area contributed by atoms with Crippen LogP contribution in [-0.4, -0.2) is 22.7 Å². The summed E-state index contributed by atoms with van der Waals surface area (Å²) in [4.78, 5) is 14.3. The fraction of sp³-hybridized carbons (Fsp3) is 0.200. The molecular weight excluding hydrogens is 182 g/mol. The Balaban J connectivity index is 2.59. The number of rotatable bonds is 4. The van der Waals surface area contributed by atoms with Crippen molar-refractivity contribution in [2.24, 2.45) is 0 Å². The molecule has 1 aromatic rings. The minimum Gasteiger partial charge on any atom is -0.478 e. The first-order valence-corrected chi connectivity index (χ1v) is 4.17. The maximum absolute atomic E-state index is 10.5. The van der Waals surface area contributed by atoms with E-state index in [1.165, 1.54) is 18.3 Å². The molecule has 0 saturated carbocycles. The number of hydrogen-bond acceptors (Lipinski definition) is 3. The fourth-order valence-electron chi connectivity index (χ4n) is 0.822. The second-order valence-corrected chi connectivity index (χ2v) is 2.57. The molecule has 0 spiro atoms. The highest BCUT2D eigenvalue weighted by atomic mass is 16.5. The Bertz CT molecular complexity index is 330. The molecule has 4 nitrogen and oxygen atoms in total. The van der Waals surface area contributed by atoms with Gasteiger partial charge in [-0.25, -0.2) is 9.78 Å². The number of aromatic carboxylic acids is 1. The number of pyridine rings is 1. The van der Waals surface area contributed by atoms with Gasteiger partial charge in [0.05, 0.1) is 5.56 Å². The summed E-state index contributed by atoms with van der Waals surface area (Å²) in [6.07, 6.45) is 4.98. The van der Waals surface area contributed by atoms with E-state index in [1.807, 2.05) is 19.1 Å². The lowest BCUT2D eigenvalue weighted by molar-refractivity contribution is 0.0696. The monoisotopic (exact) mass is 193 g/mol. The van der Waals surface area contributed by atoms with Crippen molar-refractivity contribution in [1.82, 2.24) is 4.98 Å². The van der Waals surface area contributed by atoms with Crippen molar-refractivity contribution in [3.63, 3.8) is 0 Å². The van der Waals surface area contributed by atoms with E-state index >= 15 is 0 Å². The molecule has 14 heavy (non-hydrogen) atoms. The average Bonchev–Trinajstić information content (AvgIpc) is 2.19. The maximum atomic E-state index is 10.5. The van der Waals surface area contributed by atoms with Gasteiger partial charge in [-0.2, -0.15) is 0 Å². The average molecular weight is 193 g/mol. The van der Waals surface area contributed by atoms with E-state index in [0.717, 1.165) is 0 Å². The molecule has 0 aliphatic heterocycles. The molecule has 0 radical (unpaired) electrons. The van der Waals surface area contributed by atoms with E-state index < -0.39 is 5.97 Å². The van der Waals surface area contributed by atoms with Crippen molar-refractivity contribution in [2.45, 2.75) is 6.92 Å². The Morgan fingerprint density at radius 1 is 1.64 bits per heavy atom. The van der Waals surface area contributed by atoms with Crippen LogP contribution >= 0.6 is 0 Å². The van der Waals surface area contributed by atoms with E-state index in [0.29, 0.717) is 12.5 Å². The zero-order valence-corrected chi connectivity index (χ0v) is 7.80. The highest BCUT2D eigenvalue weighted by Crippen LogP contribution is 2.07. The van der Waals surface area contributed by atoms with Crippen molar-refractivity contribution >= 4 is 5.97 Å². The molecule has 0 bridgehead atoms. The van der Waals surface area contributed by atoms with Crippen LogP contribution in [-0.2, 0) is 0 Å². The van der Waals surface area contributed by atoms with Crippen molar-refractivity contribution in [1.29, 1.82) is 0 Å². The van der Waals surface area contributed by atoms with Crippen LogP contribution < -0.4 is 4.74 Å². The SMILES string of the molecule is CC=CCOc1ccc(C(=O)O)cn1. The number of allylic oxidation sites excluding steroid dienone is 1. The predicted molar refractivity (Wildman–Crippen MR) is 51.5 cm³/mol. The Hall–Kier alpha value is -1.84. The summed E-state index contributed by atoms with van der Waals surface area (Å²) in [5.74, 6) is -0.564. The smallest absolute Gasteiger partial charge is 0.337 e. The Labute approximate surface area is 81.9 Å². The summed E-state index contributed by atoms with van der Waals surface area (Å²) >= 11 is 0. The van der Waals surface area contributed by atoms with Crippen molar-refractivity contribution < 1.29 is 14.6 Å². The first-order chi connectivity index (χ1) is 6.74. The summed E-state index contributed by atoms with van der Waals surface area (Å²) in [5.41, 5.74) is 0.156. The molecule has 0 amide bonds. The summed E-state index contributed by atoms with van der Waals surface area (Å²) < 4.78 is 5.19. The number of carboxylic acids is 1. The molecule has 74 valence electrons. The fourth-order valence-corrected chi connectivity index (χ4v) is 0.822. The molecule has 0 aromatic carbocycles. The van der Waals surface area contributed by atoms with Crippen LogP contribution in [0, 0.1) is 0 Å². The van der Waals surface area contributed by atoms with E-state index in [-0.39, 0.29) is 5.56 Å². The van der Waals surface area contributed by atoms with Crippen LogP contribution in [0.5, 0.6) is 5.88 Å². The highest BCUT2D eigenvalue weighted by Gasteiger charge is 2.02. The first-order valence-electron chi connectivity index (χ1n) is 4.17. The lowest BCUT2D eigenvalue weighted by Gasteiger charge is -2.01. The normalized spacial score (nSPS) is 10.4. The molecule has 1 aromatic heterocycles. The van der Waals surface area contributed by atoms with Gasteiger partial charge in [0.1, 0.15) is 6.61 Å².